The molecule has 1 aliphatic carbocycles. The Morgan fingerprint density at radius 1 is 1.30 bits per heavy atom. The van der Waals surface area contributed by atoms with Crippen molar-refractivity contribution in [3.05, 3.63) is 69.9 Å². The number of benzene rings is 1. The van der Waals surface area contributed by atoms with E-state index in [-0.39, 0.29) is 41.8 Å². The van der Waals surface area contributed by atoms with E-state index in [0.717, 1.165) is 24.3 Å². The fourth-order valence-corrected chi connectivity index (χ4v) is 4.34. The van der Waals surface area contributed by atoms with Crippen LogP contribution in [-0.4, -0.2) is 36.2 Å². The number of hydrogen-bond donors (Lipinski definition) is 1. The number of halogens is 1. The van der Waals surface area contributed by atoms with Gasteiger partial charge in [-0.1, -0.05) is 31.0 Å². The summed E-state index contributed by atoms with van der Waals surface area (Å²) in [5.41, 5.74) is 1.20. The number of rotatable bonds is 9. The van der Waals surface area contributed by atoms with Gasteiger partial charge in [0.05, 0.1) is 18.2 Å². The summed E-state index contributed by atoms with van der Waals surface area (Å²) >= 11 is 0. The highest BCUT2D eigenvalue weighted by atomic mass is 19.1. The number of Topliss-reactive ketones (excluding diaryl/α,β-unsaturated/α-hetero) is 1. The average molecular weight is 413 g/mol. The molecular formula is C24H29FN2O3. The Morgan fingerprint density at radius 3 is 2.83 bits per heavy atom. The second-order valence-corrected chi connectivity index (χ2v) is 8.53. The quantitative estimate of drug-likeness (QED) is 0.687. The number of ketones is 1. The zero-order valence-corrected chi connectivity index (χ0v) is 17.4. The van der Waals surface area contributed by atoms with Crippen molar-refractivity contribution in [3.8, 4) is 0 Å². The number of carbonyl (C=O) groups excluding carboxylic acids is 1. The number of methoxy groups -OCH3 is 1. The van der Waals surface area contributed by atoms with Crippen molar-refractivity contribution in [1.29, 1.82) is 0 Å². The molecule has 1 aromatic carbocycles. The number of carbonyl (C=O) groups is 1. The Bertz CT molecular complexity index is 953. The van der Waals surface area contributed by atoms with Gasteiger partial charge in [0.2, 0.25) is 0 Å². The lowest BCUT2D eigenvalue weighted by Gasteiger charge is -2.21. The number of aromatic nitrogens is 1. The van der Waals surface area contributed by atoms with Crippen molar-refractivity contribution in [2.75, 3.05) is 13.7 Å². The highest BCUT2D eigenvalue weighted by Crippen LogP contribution is 2.37. The van der Waals surface area contributed by atoms with E-state index in [2.05, 4.69) is 5.32 Å². The van der Waals surface area contributed by atoms with E-state index in [0.29, 0.717) is 18.5 Å². The molecule has 5 nitrogen and oxygen atoms in total. The predicted octanol–water partition coefficient (Wildman–Crippen LogP) is 3.26. The van der Waals surface area contributed by atoms with E-state index in [1.807, 2.05) is 6.07 Å². The molecule has 0 bridgehead atoms. The van der Waals surface area contributed by atoms with Crippen LogP contribution in [0.15, 0.2) is 47.4 Å². The van der Waals surface area contributed by atoms with Crippen molar-refractivity contribution in [1.82, 2.24) is 9.88 Å². The molecule has 1 unspecified atom stereocenters. The fraction of sp³-hybridized carbons (Fsp3) is 0.500. The highest BCUT2D eigenvalue weighted by Gasteiger charge is 2.30. The molecule has 160 valence electrons. The van der Waals surface area contributed by atoms with Gasteiger partial charge in [0, 0.05) is 32.3 Å². The molecule has 0 spiro atoms. The molecule has 0 radical (unpaired) electrons. The molecule has 1 saturated carbocycles. The van der Waals surface area contributed by atoms with Gasteiger partial charge in [-0.15, -0.1) is 0 Å². The summed E-state index contributed by atoms with van der Waals surface area (Å²) < 4.78 is 21.6. The van der Waals surface area contributed by atoms with Crippen molar-refractivity contribution in [2.24, 2.45) is 5.92 Å². The first kappa shape index (κ1) is 20.9. The maximum atomic E-state index is 14.6. The number of hydrogen-bond acceptors (Lipinski definition) is 4. The SMILES string of the molecule is CO[C@H]1CN[C@@H](C(=O)Cc2cc(C(CCC3CC3)n3ccccc3=O)ccc2F)C1. The molecule has 6 heteroatoms. The minimum Gasteiger partial charge on any atom is -0.380 e. The number of ether oxygens (including phenoxy) is 1. The van der Waals surface area contributed by atoms with E-state index in [1.54, 1.807) is 42.1 Å². The van der Waals surface area contributed by atoms with Crippen LogP contribution in [0.5, 0.6) is 0 Å². The van der Waals surface area contributed by atoms with E-state index < -0.39 is 0 Å². The van der Waals surface area contributed by atoms with Crippen LogP contribution in [0.1, 0.15) is 49.3 Å². The Kier molecular flexibility index (Phi) is 6.44. The molecule has 0 amide bonds. The van der Waals surface area contributed by atoms with Crippen molar-refractivity contribution in [2.45, 2.75) is 56.7 Å². The summed E-state index contributed by atoms with van der Waals surface area (Å²) in [7, 11) is 1.63. The van der Waals surface area contributed by atoms with Gasteiger partial charge in [0.1, 0.15) is 5.82 Å². The molecular weight excluding hydrogens is 383 g/mol. The van der Waals surface area contributed by atoms with E-state index in [4.69, 9.17) is 4.74 Å². The zero-order valence-electron chi connectivity index (χ0n) is 17.4. The minimum atomic E-state index is -0.380. The summed E-state index contributed by atoms with van der Waals surface area (Å²) in [5.74, 6) is 0.322. The fourth-order valence-electron chi connectivity index (χ4n) is 4.34. The van der Waals surface area contributed by atoms with Gasteiger partial charge >= 0.3 is 0 Å². The Morgan fingerprint density at radius 2 is 2.13 bits per heavy atom. The monoisotopic (exact) mass is 412 g/mol. The first-order valence-electron chi connectivity index (χ1n) is 10.8. The van der Waals surface area contributed by atoms with Crippen LogP contribution in [0, 0.1) is 11.7 Å². The maximum absolute atomic E-state index is 14.6. The first-order valence-corrected chi connectivity index (χ1v) is 10.8. The Hall–Kier alpha value is -2.31. The first-order chi connectivity index (χ1) is 14.5. The normalized spacial score (nSPS) is 22.2. The highest BCUT2D eigenvalue weighted by molar-refractivity contribution is 5.86. The third-order valence-corrected chi connectivity index (χ3v) is 6.36. The van der Waals surface area contributed by atoms with Gasteiger partial charge in [-0.3, -0.25) is 9.59 Å². The minimum absolute atomic E-state index is 0.0203. The molecule has 2 aromatic rings. The third-order valence-electron chi connectivity index (χ3n) is 6.36. The molecule has 1 saturated heterocycles. The van der Waals surface area contributed by atoms with Gasteiger partial charge in [-0.2, -0.15) is 0 Å². The number of nitrogens with zero attached hydrogens (tertiary/aromatic N) is 1. The van der Waals surface area contributed by atoms with Gasteiger partial charge < -0.3 is 14.6 Å². The largest absolute Gasteiger partial charge is 0.380 e. The van der Waals surface area contributed by atoms with Crippen LogP contribution in [0.2, 0.25) is 0 Å². The molecule has 2 aliphatic rings. The molecule has 3 atom stereocenters. The van der Waals surface area contributed by atoms with Crippen molar-refractivity contribution < 1.29 is 13.9 Å². The number of pyridine rings is 1. The number of nitrogens with one attached hydrogen (secondary N) is 1. The van der Waals surface area contributed by atoms with Crippen LogP contribution in [-0.2, 0) is 16.0 Å². The van der Waals surface area contributed by atoms with Crippen molar-refractivity contribution >= 4 is 5.78 Å². The summed E-state index contributed by atoms with van der Waals surface area (Å²) in [6, 6.07) is 9.61. The zero-order chi connectivity index (χ0) is 21.1. The van der Waals surface area contributed by atoms with Crippen molar-refractivity contribution in [3.63, 3.8) is 0 Å². The summed E-state index contributed by atoms with van der Waals surface area (Å²) in [6.07, 6.45) is 6.82. The van der Waals surface area contributed by atoms with Gasteiger partial charge in [-0.05, 0) is 48.4 Å². The lowest BCUT2D eigenvalue weighted by molar-refractivity contribution is -0.120. The maximum Gasteiger partial charge on any atom is 0.251 e. The van der Waals surface area contributed by atoms with E-state index in [1.165, 1.54) is 18.9 Å². The second kappa shape index (κ2) is 9.23. The molecule has 30 heavy (non-hydrogen) atoms. The Labute approximate surface area is 176 Å². The van der Waals surface area contributed by atoms with E-state index >= 15 is 0 Å². The van der Waals surface area contributed by atoms with Gasteiger partial charge in [-0.25, -0.2) is 4.39 Å². The van der Waals surface area contributed by atoms with Gasteiger partial charge in [0.25, 0.3) is 5.56 Å². The van der Waals surface area contributed by atoms with Crippen LogP contribution >= 0.6 is 0 Å². The average Bonchev–Trinajstić information content (AvgIpc) is 3.44. The predicted molar refractivity (Wildman–Crippen MR) is 113 cm³/mol. The summed E-state index contributed by atoms with van der Waals surface area (Å²) in [4.78, 5) is 25.2. The third kappa shape index (κ3) is 4.87. The smallest absolute Gasteiger partial charge is 0.251 e. The summed E-state index contributed by atoms with van der Waals surface area (Å²) in [5, 5.41) is 3.17. The molecule has 1 aliphatic heterocycles. The summed E-state index contributed by atoms with van der Waals surface area (Å²) in [6.45, 7) is 0.635. The van der Waals surface area contributed by atoms with Crippen LogP contribution < -0.4 is 10.9 Å². The molecule has 1 N–H and O–H groups in total. The Balaban J connectivity index is 1.56. The molecule has 2 heterocycles. The van der Waals surface area contributed by atoms with Crippen LogP contribution in [0.3, 0.4) is 0 Å². The lowest BCUT2D eigenvalue weighted by atomic mass is 9.95. The molecule has 2 fully saturated rings. The molecule has 4 rings (SSSR count). The van der Waals surface area contributed by atoms with E-state index in [9.17, 15) is 14.0 Å². The standard InChI is InChI=1S/C24H29FN2O3/c1-30-19-14-21(26-15-19)23(28)13-18-12-17(8-9-20(18)25)22(10-7-16-5-6-16)27-11-3-2-4-24(27)29/h2-4,8-9,11-12,16,19,21-22,26H,5-7,10,13-15H2,1H3/t19-,21-,22?/m1/s1. The topological polar surface area (TPSA) is 60.3 Å². The van der Waals surface area contributed by atoms with Gasteiger partial charge in [0.15, 0.2) is 5.78 Å². The lowest BCUT2D eigenvalue weighted by Crippen LogP contribution is -2.32. The van der Waals surface area contributed by atoms with Crippen LogP contribution in [0.25, 0.3) is 0 Å². The second-order valence-electron chi connectivity index (χ2n) is 8.53. The van der Waals surface area contributed by atoms with Crippen LogP contribution in [0.4, 0.5) is 4.39 Å². The molecule has 1 aromatic heterocycles.